The van der Waals surface area contributed by atoms with E-state index in [1.165, 1.54) is 322 Å². The van der Waals surface area contributed by atoms with Gasteiger partial charge in [-0.3, -0.25) is 0 Å². The van der Waals surface area contributed by atoms with E-state index in [-0.39, 0.29) is 5.78 Å². The summed E-state index contributed by atoms with van der Waals surface area (Å²) in [5.74, 6) is 0.167. The summed E-state index contributed by atoms with van der Waals surface area (Å²) < 4.78 is 0. The van der Waals surface area contributed by atoms with Crippen LogP contribution in [0.4, 0.5) is 0 Å². The van der Waals surface area contributed by atoms with Gasteiger partial charge in [-0.1, -0.05) is 333 Å². The van der Waals surface area contributed by atoms with Crippen molar-refractivity contribution in [2.45, 2.75) is 350 Å². The lowest BCUT2D eigenvalue weighted by Crippen LogP contribution is -1.91. The van der Waals surface area contributed by atoms with Crippen molar-refractivity contribution < 1.29 is 4.79 Å². The molecule has 0 N–H and O–H groups in total. The molecule has 0 bridgehead atoms. The molecule has 0 aliphatic carbocycles. The number of Topliss-reactive ketones (excluding diaryl/α,β-unsaturated/α-hetero) is 1. The van der Waals surface area contributed by atoms with Crippen LogP contribution in [0.1, 0.15) is 346 Å². The smallest absolute Gasteiger partial charge is 0.126 e. The van der Waals surface area contributed by atoms with Crippen molar-refractivity contribution in [1.82, 2.24) is 0 Å². The Kier molecular flexibility index (Phi) is 54.5. The van der Waals surface area contributed by atoms with Crippen LogP contribution in [0.2, 0.25) is 0 Å². The predicted octanol–water partition coefficient (Wildman–Crippen LogP) is 23.4. The van der Waals surface area contributed by atoms with Crippen LogP contribution in [0.5, 0.6) is 0 Å². The molecule has 0 heterocycles. The molecular formula is C67H122O. The molecule has 1 nitrogen and oxygen atoms in total. The highest BCUT2D eigenvalue weighted by atomic mass is 16.1. The summed E-state index contributed by atoms with van der Waals surface area (Å²) in [5, 5.41) is 0. The molecule has 0 aromatic heterocycles. The van der Waals surface area contributed by atoms with E-state index >= 15 is 0 Å². The second kappa shape index (κ2) is 56.0. The average molecular weight is 944 g/mol. The zero-order valence-electron chi connectivity index (χ0n) is 47.5. The van der Waals surface area contributed by atoms with Gasteiger partial charge >= 0.3 is 0 Å². The van der Waals surface area contributed by atoms with Gasteiger partial charge in [0.15, 0.2) is 0 Å². The first kappa shape index (κ1) is 66.1. The topological polar surface area (TPSA) is 17.1 Å². The first-order valence-corrected chi connectivity index (χ1v) is 31.1. The fourth-order valence-electron chi connectivity index (χ4n) is 9.79. The van der Waals surface area contributed by atoms with E-state index in [1.54, 1.807) is 22.3 Å². The highest BCUT2D eigenvalue weighted by molar-refractivity contribution is 5.72. The average Bonchev–Trinajstić information content (AvgIpc) is 3.34. The Morgan fingerprint density at radius 3 is 0.603 bits per heavy atom. The minimum absolute atomic E-state index is 0.167. The summed E-state index contributed by atoms with van der Waals surface area (Å²) in [5.41, 5.74) is 6.23. The zero-order chi connectivity index (χ0) is 49.5. The number of carbonyl (C=O) groups excluding carboxylic acids is 1. The van der Waals surface area contributed by atoms with E-state index in [4.69, 9.17) is 0 Å². The second-order valence-electron chi connectivity index (χ2n) is 21.7. The SMILES string of the molecule is CC(C)=O.CCCCCCCCCCCCCc1ccc(CCCCCCCCCCCCC)cc1.CCCCCCCCCCCCCc1cccc(CCCCCCCCCCCCC)c1. The standard InChI is InChI=1S/2C32H58.C3H6O/c1-3-5-7-9-11-13-15-17-19-21-23-26-31-28-25-29-32(30-31)27-24-22-20-18-16-14-12-10-8-6-4-2;1-3-5-7-9-11-13-15-17-19-21-23-25-31-27-29-32(30-28-31)26-24-22-20-18-16-14-12-10-8-6-4-2;1-3(2)4/h25,28-30H,3-24,26-27H2,1-2H3;27-30H,3-26H2,1-2H3;1-2H3. The molecule has 0 amide bonds. The summed E-state index contributed by atoms with van der Waals surface area (Å²) in [6.07, 6.45) is 68.2. The monoisotopic (exact) mass is 943 g/mol. The lowest BCUT2D eigenvalue weighted by atomic mass is 9.99. The van der Waals surface area contributed by atoms with Crippen molar-refractivity contribution in [3.63, 3.8) is 0 Å². The molecule has 0 atom stereocenters. The Bertz CT molecular complexity index is 1150. The van der Waals surface area contributed by atoms with Crippen LogP contribution >= 0.6 is 0 Å². The maximum Gasteiger partial charge on any atom is 0.126 e. The minimum atomic E-state index is 0.167. The normalized spacial score (nSPS) is 11.0. The second-order valence-corrected chi connectivity index (χ2v) is 21.7. The number of benzene rings is 2. The third-order valence-corrected chi connectivity index (χ3v) is 14.3. The number of aryl methyl sites for hydroxylation is 4. The number of hydrogen-bond donors (Lipinski definition) is 0. The van der Waals surface area contributed by atoms with E-state index in [9.17, 15) is 4.79 Å². The Balaban J connectivity index is 0.00000122. The molecular weight excluding hydrogens is 821 g/mol. The van der Waals surface area contributed by atoms with E-state index in [1.807, 2.05) is 0 Å². The van der Waals surface area contributed by atoms with Crippen LogP contribution in [-0.2, 0) is 30.5 Å². The summed E-state index contributed by atoms with van der Waals surface area (Å²) in [4.78, 5) is 9.44. The lowest BCUT2D eigenvalue weighted by Gasteiger charge is -2.07. The van der Waals surface area contributed by atoms with Gasteiger partial charge in [-0.25, -0.2) is 0 Å². The largest absolute Gasteiger partial charge is 0.300 e. The van der Waals surface area contributed by atoms with Gasteiger partial charge in [0.25, 0.3) is 0 Å². The fraction of sp³-hybridized carbons (Fsp3) is 0.806. The molecule has 1 heteroatoms. The van der Waals surface area contributed by atoms with Crippen molar-refractivity contribution in [2.75, 3.05) is 0 Å². The molecule has 0 saturated heterocycles. The summed E-state index contributed by atoms with van der Waals surface area (Å²) in [6.45, 7) is 12.3. The predicted molar refractivity (Wildman–Crippen MR) is 310 cm³/mol. The first-order chi connectivity index (χ1) is 33.5. The Hall–Kier alpha value is -1.89. The maximum absolute atomic E-state index is 9.44. The van der Waals surface area contributed by atoms with Crippen LogP contribution in [0.25, 0.3) is 0 Å². The third-order valence-electron chi connectivity index (χ3n) is 14.3. The number of carbonyl (C=O) groups is 1. The van der Waals surface area contributed by atoms with Crippen molar-refractivity contribution >= 4 is 5.78 Å². The molecule has 68 heavy (non-hydrogen) atoms. The van der Waals surface area contributed by atoms with Crippen LogP contribution in [0.3, 0.4) is 0 Å². The minimum Gasteiger partial charge on any atom is -0.300 e. The molecule has 0 aliphatic rings. The summed E-state index contributed by atoms with van der Waals surface area (Å²) >= 11 is 0. The molecule has 0 radical (unpaired) electrons. The van der Waals surface area contributed by atoms with Crippen molar-refractivity contribution in [2.24, 2.45) is 0 Å². The molecule has 396 valence electrons. The summed E-state index contributed by atoms with van der Waals surface area (Å²) in [7, 11) is 0. The van der Waals surface area contributed by atoms with E-state index in [2.05, 4.69) is 76.2 Å². The molecule has 0 fully saturated rings. The molecule has 0 unspecified atom stereocenters. The van der Waals surface area contributed by atoms with E-state index in [0.717, 1.165) is 0 Å². The third kappa shape index (κ3) is 51.9. The molecule has 0 aliphatic heterocycles. The Morgan fingerprint density at radius 2 is 0.412 bits per heavy atom. The van der Waals surface area contributed by atoms with Crippen LogP contribution < -0.4 is 0 Å². The van der Waals surface area contributed by atoms with Gasteiger partial charge < -0.3 is 4.79 Å². The van der Waals surface area contributed by atoms with Gasteiger partial charge in [0, 0.05) is 0 Å². The quantitative estimate of drug-likeness (QED) is 0.0604. The van der Waals surface area contributed by atoms with Gasteiger partial charge in [-0.05, 0) is 87.5 Å². The molecule has 0 saturated carbocycles. The van der Waals surface area contributed by atoms with Gasteiger partial charge in [0.05, 0.1) is 0 Å². The molecule has 2 aromatic rings. The first-order valence-electron chi connectivity index (χ1n) is 31.1. The fourth-order valence-corrected chi connectivity index (χ4v) is 9.79. The van der Waals surface area contributed by atoms with Crippen molar-refractivity contribution in [3.05, 3.63) is 70.8 Å². The Morgan fingerprint density at radius 1 is 0.250 bits per heavy atom. The Labute approximate surface area is 429 Å². The molecule has 2 rings (SSSR count). The number of unbranched alkanes of at least 4 members (excludes halogenated alkanes) is 40. The molecule has 2 aromatic carbocycles. The van der Waals surface area contributed by atoms with Gasteiger partial charge in [-0.15, -0.1) is 0 Å². The van der Waals surface area contributed by atoms with Crippen molar-refractivity contribution in [3.8, 4) is 0 Å². The van der Waals surface area contributed by atoms with Crippen molar-refractivity contribution in [1.29, 1.82) is 0 Å². The molecule has 0 spiro atoms. The van der Waals surface area contributed by atoms with Crippen LogP contribution in [0, 0.1) is 0 Å². The number of rotatable bonds is 48. The van der Waals surface area contributed by atoms with Gasteiger partial charge in [0.2, 0.25) is 0 Å². The van der Waals surface area contributed by atoms with Crippen LogP contribution in [-0.4, -0.2) is 5.78 Å². The van der Waals surface area contributed by atoms with Crippen LogP contribution in [0.15, 0.2) is 48.5 Å². The van der Waals surface area contributed by atoms with Gasteiger partial charge in [0.1, 0.15) is 5.78 Å². The van der Waals surface area contributed by atoms with Gasteiger partial charge in [-0.2, -0.15) is 0 Å². The zero-order valence-corrected chi connectivity index (χ0v) is 47.5. The number of ketones is 1. The highest BCUT2D eigenvalue weighted by Crippen LogP contribution is 2.19. The van der Waals surface area contributed by atoms with E-state index in [0.29, 0.717) is 0 Å². The highest BCUT2D eigenvalue weighted by Gasteiger charge is 2.01. The maximum atomic E-state index is 9.44. The summed E-state index contributed by atoms with van der Waals surface area (Å²) in [6, 6.07) is 19.1. The number of hydrogen-bond acceptors (Lipinski definition) is 1. The lowest BCUT2D eigenvalue weighted by molar-refractivity contribution is -0.115. The van der Waals surface area contributed by atoms with E-state index < -0.39 is 0 Å².